The number of nitrogens with one attached hydrogen (secondary N) is 1. The average molecular weight is 337 g/mol. The Morgan fingerprint density at radius 1 is 1.36 bits per heavy atom. The van der Waals surface area contributed by atoms with Crippen LogP contribution in [0.1, 0.15) is 45.9 Å². The van der Waals surface area contributed by atoms with Gasteiger partial charge in [-0.15, -0.1) is 0 Å². The van der Waals surface area contributed by atoms with Crippen molar-refractivity contribution in [3.8, 4) is 6.07 Å². The first-order valence-electron chi connectivity index (χ1n) is 7.11. The van der Waals surface area contributed by atoms with Gasteiger partial charge in [0.25, 0.3) is 0 Å². The lowest BCUT2D eigenvalue weighted by atomic mass is 9.93. The standard InChI is InChI=1S/C14H15ClN4S.C2H6/c1-8-6-17-13(15)19-11(8)9(5-16)12-18-10(7-20-12)14(2,3)4;1-2/h6-7,18H,1-4H3;1-2H3/b12-9-;. The van der Waals surface area contributed by atoms with Gasteiger partial charge in [0, 0.05) is 17.3 Å². The minimum atomic E-state index is 0.00762. The molecule has 0 bridgehead atoms. The normalized spacial score (nSPS) is 16.0. The Morgan fingerprint density at radius 3 is 2.50 bits per heavy atom. The Morgan fingerprint density at radius 2 is 2.00 bits per heavy atom. The molecule has 0 spiro atoms. The van der Waals surface area contributed by atoms with Crippen LogP contribution in [0.2, 0.25) is 5.28 Å². The number of nitrogens with zero attached hydrogens (tertiary/aromatic N) is 3. The molecule has 1 aromatic rings. The minimum absolute atomic E-state index is 0.00762. The molecule has 1 aliphatic rings. The number of hydrogen-bond donors (Lipinski definition) is 1. The largest absolute Gasteiger partial charge is 0.351 e. The summed E-state index contributed by atoms with van der Waals surface area (Å²) in [7, 11) is 0. The van der Waals surface area contributed by atoms with Gasteiger partial charge in [0.05, 0.1) is 10.7 Å². The van der Waals surface area contributed by atoms with Gasteiger partial charge >= 0.3 is 0 Å². The van der Waals surface area contributed by atoms with Crippen LogP contribution in [0.25, 0.3) is 5.57 Å². The third-order valence-electron chi connectivity index (χ3n) is 2.87. The van der Waals surface area contributed by atoms with Crippen LogP contribution in [0, 0.1) is 23.7 Å². The first-order valence-corrected chi connectivity index (χ1v) is 8.37. The fraction of sp³-hybridized carbons (Fsp3) is 0.438. The molecule has 0 radical (unpaired) electrons. The molecule has 2 rings (SSSR count). The first-order chi connectivity index (χ1) is 10.3. The number of rotatable bonds is 1. The maximum atomic E-state index is 9.46. The summed E-state index contributed by atoms with van der Waals surface area (Å²) in [6.07, 6.45) is 1.63. The van der Waals surface area contributed by atoms with Gasteiger partial charge in [-0.3, -0.25) is 0 Å². The maximum Gasteiger partial charge on any atom is 0.222 e. The van der Waals surface area contributed by atoms with Crippen molar-refractivity contribution in [3.63, 3.8) is 0 Å². The second-order valence-electron chi connectivity index (χ2n) is 5.51. The second-order valence-corrected chi connectivity index (χ2v) is 6.73. The van der Waals surface area contributed by atoms with E-state index in [1.165, 1.54) is 11.8 Å². The lowest BCUT2D eigenvalue weighted by Crippen LogP contribution is -2.20. The molecule has 2 heterocycles. The van der Waals surface area contributed by atoms with Gasteiger partial charge in [0.1, 0.15) is 11.6 Å². The van der Waals surface area contributed by atoms with E-state index in [-0.39, 0.29) is 10.7 Å². The van der Waals surface area contributed by atoms with Crippen molar-refractivity contribution in [3.05, 3.63) is 38.9 Å². The molecule has 1 aliphatic heterocycles. The van der Waals surface area contributed by atoms with Crippen molar-refractivity contribution < 1.29 is 0 Å². The van der Waals surface area contributed by atoms with Crippen LogP contribution in [0.15, 0.2) is 22.3 Å². The smallest absolute Gasteiger partial charge is 0.222 e. The van der Waals surface area contributed by atoms with Crippen LogP contribution in [0.4, 0.5) is 0 Å². The average Bonchev–Trinajstić information content (AvgIpc) is 2.95. The van der Waals surface area contributed by atoms with Crippen LogP contribution in [0.5, 0.6) is 0 Å². The molecule has 0 saturated carbocycles. The van der Waals surface area contributed by atoms with Gasteiger partial charge in [-0.1, -0.05) is 46.4 Å². The highest BCUT2D eigenvalue weighted by Crippen LogP contribution is 2.38. The zero-order chi connectivity index (χ0) is 16.9. The molecule has 1 N–H and O–H groups in total. The van der Waals surface area contributed by atoms with E-state index in [2.05, 4.69) is 42.1 Å². The molecular weight excluding hydrogens is 316 g/mol. The highest BCUT2D eigenvalue weighted by Gasteiger charge is 2.25. The van der Waals surface area contributed by atoms with Crippen LogP contribution >= 0.6 is 23.4 Å². The second kappa shape index (κ2) is 7.66. The summed E-state index contributed by atoms with van der Waals surface area (Å²) in [4.78, 5) is 8.09. The van der Waals surface area contributed by atoms with Crippen LogP contribution in [-0.4, -0.2) is 9.97 Å². The number of halogens is 1. The molecule has 22 heavy (non-hydrogen) atoms. The van der Waals surface area contributed by atoms with Gasteiger partial charge in [0.2, 0.25) is 5.28 Å². The van der Waals surface area contributed by atoms with Gasteiger partial charge < -0.3 is 5.32 Å². The zero-order valence-electron chi connectivity index (χ0n) is 13.8. The maximum absolute atomic E-state index is 9.46. The number of hydrogen-bond acceptors (Lipinski definition) is 5. The quantitative estimate of drug-likeness (QED) is 0.585. The summed E-state index contributed by atoms with van der Waals surface area (Å²) in [5.41, 5.74) is 2.99. The van der Waals surface area contributed by atoms with E-state index >= 15 is 0 Å². The number of aryl methyl sites for hydroxylation is 1. The molecule has 0 amide bonds. The highest BCUT2D eigenvalue weighted by molar-refractivity contribution is 8.06. The Balaban J connectivity index is 0.00000116. The van der Waals surface area contributed by atoms with Crippen molar-refractivity contribution in [1.29, 1.82) is 5.26 Å². The van der Waals surface area contributed by atoms with Gasteiger partial charge in [-0.05, 0) is 29.5 Å². The van der Waals surface area contributed by atoms with E-state index < -0.39 is 0 Å². The van der Waals surface area contributed by atoms with E-state index in [9.17, 15) is 5.26 Å². The number of allylic oxidation sites excluding steroid dienone is 2. The van der Waals surface area contributed by atoms with Gasteiger partial charge in [0.15, 0.2) is 0 Å². The van der Waals surface area contributed by atoms with E-state index in [0.29, 0.717) is 11.3 Å². The van der Waals surface area contributed by atoms with Crippen molar-refractivity contribution >= 4 is 28.9 Å². The molecule has 0 aliphatic carbocycles. The molecule has 0 fully saturated rings. The van der Waals surface area contributed by atoms with Crippen LogP contribution < -0.4 is 5.32 Å². The summed E-state index contributed by atoms with van der Waals surface area (Å²) in [5, 5.41) is 15.7. The summed E-state index contributed by atoms with van der Waals surface area (Å²) < 4.78 is 0. The molecule has 0 saturated heterocycles. The molecule has 1 aromatic heterocycles. The minimum Gasteiger partial charge on any atom is -0.351 e. The molecular formula is C16H21ClN4S. The Hall–Kier alpha value is -1.51. The SMILES string of the molecule is CC.Cc1cnc(Cl)nc1/C(C#N)=C1/NC(C(C)(C)C)=CS1. The third kappa shape index (κ3) is 4.25. The first kappa shape index (κ1) is 18.5. The lowest BCUT2D eigenvalue weighted by Gasteiger charge is -2.20. The zero-order valence-corrected chi connectivity index (χ0v) is 15.4. The molecule has 0 unspecified atom stereocenters. The summed E-state index contributed by atoms with van der Waals surface area (Å²) >= 11 is 7.33. The summed E-state index contributed by atoms with van der Waals surface area (Å²) in [6.45, 7) is 12.2. The van der Waals surface area contributed by atoms with Crippen molar-refractivity contribution in [2.45, 2.75) is 41.5 Å². The number of nitriles is 1. The van der Waals surface area contributed by atoms with E-state index in [1.807, 2.05) is 26.2 Å². The highest BCUT2D eigenvalue weighted by atomic mass is 35.5. The number of aromatic nitrogens is 2. The number of thioether (sulfide) groups is 1. The predicted octanol–water partition coefficient (Wildman–Crippen LogP) is 4.88. The molecule has 0 aromatic carbocycles. The topological polar surface area (TPSA) is 61.6 Å². The molecule has 118 valence electrons. The summed E-state index contributed by atoms with van der Waals surface area (Å²) in [6, 6.07) is 2.21. The van der Waals surface area contributed by atoms with Crippen molar-refractivity contribution in [2.24, 2.45) is 5.41 Å². The Bertz CT molecular complexity index is 651. The predicted molar refractivity (Wildman–Crippen MR) is 93.9 cm³/mol. The van der Waals surface area contributed by atoms with Crippen molar-refractivity contribution in [2.75, 3.05) is 0 Å². The van der Waals surface area contributed by atoms with E-state index in [0.717, 1.165) is 16.3 Å². The van der Waals surface area contributed by atoms with Crippen LogP contribution in [-0.2, 0) is 0 Å². The molecule has 0 atom stereocenters. The Kier molecular flexibility index (Phi) is 6.46. The Labute approximate surface area is 141 Å². The fourth-order valence-corrected chi connectivity index (χ4v) is 2.88. The third-order valence-corrected chi connectivity index (χ3v) is 3.95. The monoisotopic (exact) mass is 336 g/mol. The summed E-state index contributed by atoms with van der Waals surface area (Å²) in [5.74, 6) is 0. The van der Waals surface area contributed by atoms with Gasteiger partial charge in [-0.2, -0.15) is 5.26 Å². The van der Waals surface area contributed by atoms with E-state index in [1.54, 1.807) is 6.20 Å². The molecule has 6 heteroatoms. The molecule has 4 nitrogen and oxygen atoms in total. The van der Waals surface area contributed by atoms with Crippen molar-refractivity contribution in [1.82, 2.24) is 15.3 Å². The van der Waals surface area contributed by atoms with Gasteiger partial charge in [-0.25, -0.2) is 9.97 Å². The fourth-order valence-electron chi connectivity index (χ4n) is 1.67. The van der Waals surface area contributed by atoms with E-state index in [4.69, 9.17) is 11.6 Å². The lowest BCUT2D eigenvalue weighted by molar-refractivity contribution is 0.481. The van der Waals surface area contributed by atoms with Crippen LogP contribution in [0.3, 0.4) is 0 Å².